The van der Waals surface area contributed by atoms with Crippen LogP contribution in [-0.2, 0) is 18.6 Å². The molecule has 7 N–H and O–H groups in total. The third kappa shape index (κ3) is 3.92. The van der Waals surface area contributed by atoms with Crippen LogP contribution in [-0.4, -0.2) is 78.1 Å². The second-order valence-electron chi connectivity index (χ2n) is 3.82. The lowest BCUT2D eigenvalue weighted by Crippen LogP contribution is -2.62. The molecule has 0 aliphatic carbocycles. The molecule has 0 aromatic carbocycles. The summed E-state index contributed by atoms with van der Waals surface area (Å²) in [5.41, 5.74) is 0. The highest BCUT2D eigenvalue weighted by molar-refractivity contribution is 7.46. The quantitative estimate of drug-likeness (QED) is 0.253. The molecule has 2 unspecified atom stereocenters. The second kappa shape index (κ2) is 5.79. The molecule has 1 heterocycles. The third-order valence-corrected chi connectivity index (χ3v) is 2.89. The Hall–Kier alpha value is -0.620. The van der Waals surface area contributed by atoms with E-state index in [2.05, 4.69) is 9.26 Å². The van der Waals surface area contributed by atoms with Crippen LogP contribution in [0.2, 0.25) is 0 Å². The van der Waals surface area contributed by atoms with Crippen molar-refractivity contribution in [3.05, 3.63) is 0 Å². The third-order valence-electron chi connectivity index (χ3n) is 2.41. The van der Waals surface area contributed by atoms with Gasteiger partial charge in [0.25, 0.3) is 0 Å². The lowest BCUT2D eigenvalue weighted by atomic mass is 9.95. The molecule has 1 rings (SSSR count). The highest BCUT2D eigenvalue weighted by atomic mass is 31.2. The van der Waals surface area contributed by atoms with E-state index in [1.54, 1.807) is 0 Å². The van der Waals surface area contributed by atoms with Gasteiger partial charge in [-0.3, -0.25) is 4.52 Å². The number of carboxylic acids is 1. The SMILES string of the molecule is O=C(O)[C@@H](O)C1O[C@@H](OP(=O)(O)O)C(O)[C@@H](O)[C@@H]1O. The van der Waals surface area contributed by atoms with Crippen molar-refractivity contribution in [1.29, 1.82) is 0 Å². The Morgan fingerprint density at radius 1 is 1.16 bits per heavy atom. The van der Waals surface area contributed by atoms with E-state index in [0.717, 1.165) is 0 Å². The van der Waals surface area contributed by atoms with E-state index in [-0.39, 0.29) is 0 Å². The Bertz CT molecular complexity index is 379. The number of hydrogen-bond acceptors (Lipinski definition) is 8. The minimum absolute atomic E-state index is 1.80. The van der Waals surface area contributed by atoms with Crippen LogP contribution in [0.15, 0.2) is 0 Å². The molecule has 0 saturated carbocycles. The molecule has 12 heteroatoms. The smallest absolute Gasteiger partial charge is 0.472 e. The Kier molecular flexibility index (Phi) is 5.01. The lowest BCUT2D eigenvalue weighted by Gasteiger charge is -2.40. The van der Waals surface area contributed by atoms with Crippen molar-refractivity contribution in [2.45, 2.75) is 36.8 Å². The van der Waals surface area contributed by atoms with Gasteiger partial charge < -0.3 is 40.1 Å². The molecule has 6 atom stereocenters. The number of carboxylic acid groups (broad SMARTS) is 1. The first-order valence-electron chi connectivity index (χ1n) is 4.89. The number of aliphatic carboxylic acids is 1. The molecule has 1 fully saturated rings. The van der Waals surface area contributed by atoms with Gasteiger partial charge in [-0.2, -0.15) is 0 Å². The number of rotatable bonds is 4. The van der Waals surface area contributed by atoms with E-state index in [1.165, 1.54) is 0 Å². The number of aliphatic hydroxyl groups is 4. The maximum absolute atomic E-state index is 10.6. The molecule has 0 spiro atoms. The second-order valence-corrected chi connectivity index (χ2v) is 5.01. The zero-order valence-corrected chi connectivity index (χ0v) is 10.1. The highest BCUT2D eigenvalue weighted by Gasteiger charge is 2.50. The molecule has 19 heavy (non-hydrogen) atoms. The Labute approximate surface area is 105 Å². The van der Waals surface area contributed by atoms with Crippen LogP contribution >= 0.6 is 7.82 Å². The van der Waals surface area contributed by atoms with Gasteiger partial charge in [-0.1, -0.05) is 0 Å². The van der Waals surface area contributed by atoms with Crippen LogP contribution in [0, 0.1) is 0 Å². The molecular formula is C7H13O11P. The van der Waals surface area contributed by atoms with Gasteiger partial charge >= 0.3 is 13.8 Å². The van der Waals surface area contributed by atoms with Gasteiger partial charge in [0, 0.05) is 0 Å². The topological polar surface area (TPSA) is 194 Å². The normalized spacial score (nSPS) is 37.9. The van der Waals surface area contributed by atoms with Crippen molar-refractivity contribution in [2.24, 2.45) is 0 Å². The minimum Gasteiger partial charge on any atom is -0.479 e. The zero-order chi connectivity index (χ0) is 15.0. The molecule has 1 aliphatic rings. The predicted octanol–water partition coefficient (Wildman–Crippen LogP) is -3.65. The summed E-state index contributed by atoms with van der Waals surface area (Å²) in [6.45, 7) is 0. The van der Waals surface area contributed by atoms with Crippen LogP contribution in [0.1, 0.15) is 0 Å². The van der Waals surface area contributed by atoms with Crippen molar-refractivity contribution in [3.63, 3.8) is 0 Å². The molecule has 1 saturated heterocycles. The molecule has 0 aromatic rings. The standard InChI is InChI=1S/C7H13O11P/c8-1-2(9)5(4(11)6(12)13)17-7(3(1)10)18-19(14,15)16/h1-5,7-11H,(H,12,13)(H2,14,15,16)/t1-,2-,3?,4-,5?,7-/m0/s1. The molecule has 0 amide bonds. The summed E-state index contributed by atoms with van der Waals surface area (Å²) in [5.74, 6) is -1.80. The van der Waals surface area contributed by atoms with E-state index < -0.39 is 50.6 Å². The van der Waals surface area contributed by atoms with Crippen LogP contribution in [0.4, 0.5) is 0 Å². The Morgan fingerprint density at radius 3 is 2.11 bits per heavy atom. The average Bonchev–Trinajstić information content (AvgIpc) is 2.27. The van der Waals surface area contributed by atoms with Crippen LogP contribution in [0.25, 0.3) is 0 Å². The van der Waals surface area contributed by atoms with Gasteiger partial charge in [0.05, 0.1) is 0 Å². The van der Waals surface area contributed by atoms with Crippen LogP contribution in [0.5, 0.6) is 0 Å². The highest BCUT2D eigenvalue weighted by Crippen LogP contribution is 2.40. The Morgan fingerprint density at radius 2 is 1.68 bits per heavy atom. The van der Waals surface area contributed by atoms with E-state index >= 15 is 0 Å². The van der Waals surface area contributed by atoms with Gasteiger partial charge in [-0.05, 0) is 0 Å². The average molecular weight is 304 g/mol. The van der Waals surface area contributed by atoms with Crippen molar-refractivity contribution < 1.29 is 53.9 Å². The first-order valence-corrected chi connectivity index (χ1v) is 6.42. The van der Waals surface area contributed by atoms with Gasteiger partial charge in [0.1, 0.15) is 24.4 Å². The number of carbonyl (C=O) groups is 1. The summed E-state index contributed by atoms with van der Waals surface area (Å²) < 4.78 is 19.2. The number of phosphoric acid groups is 1. The van der Waals surface area contributed by atoms with E-state index in [0.29, 0.717) is 0 Å². The van der Waals surface area contributed by atoms with E-state index in [1.807, 2.05) is 0 Å². The summed E-state index contributed by atoms with van der Waals surface area (Å²) >= 11 is 0. The van der Waals surface area contributed by atoms with Gasteiger partial charge in [-0.25, -0.2) is 9.36 Å². The van der Waals surface area contributed by atoms with E-state index in [9.17, 15) is 29.8 Å². The summed E-state index contributed by atoms with van der Waals surface area (Å²) in [6, 6.07) is 0. The number of hydrogen-bond donors (Lipinski definition) is 7. The molecule has 0 radical (unpaired) electrons. The summed E-state index contributed by atoms with van der Waals surface area (Å²) in [5, 5.41) is 46.0. The van der Waals surface area contributed by atoms with Gasteiger partial charge in [0.2, 0.25) is 0 Å². The molecular weight excluding hydrogens is 291 g/mol. The summed E-state index contributed by atoms with van der Waals surface area (Å²) in [7, 11) is -5.11. The summed E-state index contributed by atoms with van der Waals surface area (Å²) in [6.07, 6.45) is -12.4. The largest absolute Gasteiger partial charge is 0.479 e. The molecule has 112 valence electrons. The fourth-order valence-electron chi connectivity index (χ4n) is 1.50. The fourth-order valence-corrected chi connectivity index (χ4v) is 1.94. The first kappa shape index (κ1) is 16.4. The fraction of sp³-hybridized carbons (Fsp3) is 0.857. The summed E-state index contributed by atoms with van der Waals surface area (Å²) in [4.78, 5) is 27.6. The lowest BCUT2D eigenvalue weighted by molar-refractivity contribution is -0.290. The Balaban J connectivity index is 2.91. The molecule has 0 bridgehead atoms. The van der Waals surface area contributed by atoms with Crippen molar-refractivity contribution >= 4 is 13.8 Å². The van der Waals surface area contributed by atoms with E-state index in [4.69, 9.17) is 14.9 Å². The van der Waals surface area contributed by atoms with Crippen molar-refractivity contribution in [2.75, 3.05) is 0 Å². The maximum atomic E-state index is 10.6. The number of ether oxygens (including phenoxy) is 1. The molecule has 0 aromatic heterocycles. The minimum atomic E-state index is -5.11. The van der Waals surface area contributed by atoms with Crippen LogP contribution in [0.3, 0.4) is 0 Å². The van der Waals surface area contributed by atoms with Gasteiger partial charge in [0.15, 0.2) is 12.4 Å². The van der Waals surface area contributed by atoms with Crippen molar-refractivity contribution in [1.82, 2.24) is 0 Å². The number of aliphatic hydroxyl groups excluding tert-OH is 4. The zero-order valence-electron chi connectivity index (χ0n) is 9.17. The van der Waals surface area contributed by atoms with Crippen molar-refractivity contribution in [3.8, 4) is 0 Å². The van der Waals surface area contributed by atoms with Gasteiger partial charge in [-0.15, -0.1) is 0 Å². The predicted molar refractivity (Wildman–Crippen MR) is 53.5 cm³/mol. The maximum Gasteiger partial charge on any atom is 0.472 e. The van der Waals surface area contributed by atoms with Crippen LogP contribution < -0.4 is 0 Å². The molecule has 11 nitrogen and oxygen atoms in total. The number of phosphoric ester groups is 1. The molecule has 1 aliphatic heterocycles. The monoisotopic (exact) mass is 304 g/mol. The first-order chi connectivity index (χ1) is 8.54.